The first-order valence-electron chi connectivity index (χ1n) is 9.60. The molecule has 1 aromatic carbocycles. The Morgan fingerprint density at radius 2 is 2.19 bits per heavy atom. The quantitative estimate of drug-likeness (QED) is 0.405. The minimum atomic E-state index is -0.216. The molecule has 7 heteroatoms. The molecule has 1 aliphatic rings. The number of nitrogens with one attached hydrogen (secondary N) is 1. The number of nitrogens with zero attached hydrogens (tertiary/aromatic N) is 3. The van der Waals surface area contributed by atoms with Gasteiger partial charge in [0, 0.05) is 46.8 Å². The lowest BCUT2D eigenvalue weighted by Crippen LogP contribution is -2.40. The van der Waals surface area contributed by atoms with Crippen molar-refractivity contribution in [3.63, 3.8) is 0 Å². The molecule has 152 valence electrons. The van der Waals surface area contributed by atoms with Gasteiger partial charge in [-0.15, -0.1) is 0 Å². The standard InChI is InChI=1S/C20H33FN4O2/c1-5-22-20(25-9-8-17(14-25)15-27-11-10-26-4)23-13-16-6-7-19(24(2)3)18(21)12-16/h6-7,12,17H,5,8-11,13-15H2,1-4H3,(H,22,23). The maximum Gasteiger partial charge on any atom is 0.194 e. The van der Waals surface area contributed by atoms with Crippen molar-refractivity contribution >= 4 is 11.6 Å². The Bertz CT molecular complexity index is 610. The van der Waals surface area contributed by atoms with Gasteiger partial charge in [0.15, 0.2) is 5.96 Å². The SMILES string of the molecule is CCNC(=NCc1ccc(N(C)C)c(F)c1)N1CCC(COCCOC)C1. The minimum absolute atomic E-state index is 0.216. The molecule has 0 saturated carbocycles. The molecule has 1 atom stereocenters. The molecule has 1 saturated heterocycles. The molecule has 1 aliphatic heterocycles. The maximum absolute atomic E-state index is 14.2. The Kier molecular flexibility index (Phi) is 8.81. The highest BCUT2D eigenvalue weighted by Crippen LogP contribution is 2.20. The van der Waals surface area contributed by atoms with E-state index in [-0.39, 0.29) is 5.82 Å². The molecule has 2 rings (SSSR count). The van der Waals surface area contributed by atoms with E-state index in [1.54, 1.807) is 24.1 Å². The highest BCUT2D eigenvalue weighted by atomic mass is 19.1. The van der Waals surface area contributed by atoms with E-state index in [1.165, 1.54) is 0 Å². The number of hydrogen-bond acceptors (Lipinski definition) is 4. The van der Waals surface area contributed by atoms with E-state index in [4.69, 9.17) is 14.5 Å². The lowest BCUT2D eigenvalue weighted by Gasteiger charge is -2.22. The molecule has 1 N–H and O–H groups in total. The molecule has 1 unspecified atom stereocenters. The van der Waals surface area contributed by atoms with Crippen LogP contribution in [0.1, 0.15) is 18.9 Å². The fourth-order valence-corrected chi connectivity index (χ4v) is 3.16. The largest absolute Gasteiger partial charge is 0.382 e. The third-order valence-corrected chi connectivity index (χ3v) is 4.61. The average molecular weight is 381 g/mol. The smallest absolute Gasteiger partial charge is 0.194 e. The summed E-state index contributed by atoms with van der Waals surface area (Å²) in [6, 6.07) is 5.30. The molecule has 0 amide bonds. The van der Waals surface area contributed by atoms with Gasteiger partial charge >= 0.3 is 0 Å². The normalized spacial score (nSPS) is 17.4. The molecule has 0 spiro atoms. The zero-order valence-corrected chi connectivity index (χ0v) is 17.0. The third kappa shape index (κ3) is 6.66. The van der Waals surface area contributed by atoms with E-state index >= 15 is 0 Å². The van der Waals surface area contributed by atoms with Gasteiger partial charge in [0.2, 0.25) is 0 Å². The molecule has 27 heavy (non-hydrogen) atoms. The highest BCUT2D eigenvalue weighted by molar-refractivity contribution is 5.80. The summed E-state index contributed by atoms with van der Waals surface area (Å²) in [6.07, 6.45) is 1.09. The zero-order valence-electron chi connectivity index (χ0n) is 17.0. The molecule has 1 heterocycles. The van der Waals surface area contributed by atoms with Crippen molar-refractivity contribution in [2.75, 3.05) is 65.6 Å². The first-order chi connectivity index (χ1) is 13.0. The van der Waals surface area contributed by atoms with Crippen molar-refractivity contribution in [1.82, 2.24) is 10.2 Å². The van der Waals surface area contributed by atoms with Crippen LogP contribution in [0, 0.1) is 11.7 Å². The Labute approximate surface area is 162 Å². The second-order valence-corrected chi connectivity index (χ2v) is 7.02. The number of ether oxygens (including phenoxy) is 2. The van der Waals surface area contributed by atoms with Gasteiger partial charge in [-0.25, -0.2) is 9.38 Å². The summed E-state index contributed by atoms with van der Waals surface area (Å²) < 4.78 is 24.8. The maximum atomic E-state index is 14.2. The van der Waals surface area contributed by atoms with E-state index in [2.05, 4.69) is 17.1 Å². The number of likely N-dealkylation sites (tertiary alicyclic amines) is 1. The Balaban J connectivity index is 1.93. The summed E-state index contributed by atoms with van der Waals surface area (Å²) in [5, 5.41) is 3.35. The van der Waals surface area contributed by atoms with Gasteiger partial charge in [-0.05, 0) is 31.0 Å². The minimum Gasteiger partial charge on any atom is -0.382 e. The summed E-state index contributed by atoms with van der Waals surface area (Å²) in [5.41, 5.74) is 1.46. The van der Waals surface area contributed by atoms with Gasteiger partial charge in [0.05, 0.1) is 32.1 Å². The van der Waals surface area contributed by atoms with Crippen LogP contribution >= 0.6 is 0 Å². The molecule has 0 aliphatic carbocycles. The second kappa shape index (κ2) is 11.1. The first-order valence-corrected chi connectivity index (χ1v) is 9.60. The number of methoxy groups -OCH3 is 1. The fraction of sp³-hybridized carbons (Fsp3) is 0.650. The zero-order chi connectivity index (χ0) is 19.6. The summed E-state index contributed by atoms with van der Waals surface area (Å²) in [5.74, 6) is 1.17. The highest BCUT2D eigenvalue weighted by Gasteiger charge is 2.25. The number of hydrogen-bond donors (Lipinski definition) is 1. The Hall–Kier alpha value is -1.86. The average Bonchev–Trinajstić information content (AvgIpc) is 3.11. The van der Waals surface area contributed by atoms with Crippen LogP contribution in [0.25, 0.3) is 0 Å². The topological polar surface area (TPSA) is 49.3 Å². The lowest BCUT2D eigenvalue weighted by atomic mass is 10.1. The number of anilines is 1. The van der Waals surface area contributed by atoms with Crippen LogP contribution in [-0.2, 0) is 16.0 Å². The first kappa shape index (κ1) is 21.4. The van der Waals surface area contributed by atoms with Gasteiger partial charge in [-0.1, -0.05) is 6.07 Å². The molecule has 1 fully saturated rings. The van der Waals surface area contributed by atoms with Gasteiger partial charge in [-0.3, -0.25) is 0 Å². The predicted molar refractivity (Wildman–Crippen MR) is 108 cm³/mol. The summed E-state index contributed by atoms with van der Waals surface area (Å²) in [7, 11) is 5.35. The van der Waals surface area contributed by atoms with Crippen molar-refractivity contribution in [2.45, 2.75) is 19.9 Å². The molecular formula is C20H33FN4O2. The number of aliphatic imine (C=N–C) groups is 1. The van der Waals surface area contributed by atoms with Crippen molar-refractivity contribution in [3.8, 4) is 0 Å². The third-order valence-electron chi connectivity index (χ3n) is 4.61. The van der Waals surface area contributed by atoms with Gasteiger partial charge in [-0.2, -0.15) is 0 Å². The predicted octanol–water partition coefficient (Wildman–Crippen LogP) is 2.34. The monoisotopic (exact) mass is 380 g/mol. The summed E-state index contributed by atoms with van der Waals surface area (Å²) >= 11 is 0. The van der Waals surface area contributed by atoms with E-state index < -0.39 is 0 Å². The van der Waals surface area contributed by atoms with Crippen molar-refractivity contribution in [2.24, 2.45) is 10.9 Å². The van der Waals surface area contributed by atoms with Crippen LogP contribution in [-0.4, -0.2) is 71.5 Å². The van der Waals surface area contributed by atoms with Crippen LogP contribution in [0.15, 0.2) is 23.2 Å². The molecule has 0 bridgehead atoms. The van der Waals surface area contributed by atoms with Crippen molar-refractivity contribution in [1.29, 1.82) is 0 Å². The van der Waals surface area contributed by atoms with E-state index in [9.17, 15) is 4.39 Å². The van der Waals surface area contributed by atoms with Crippen LogP contribution in [0.5, 0.6) is 0 Å². The molecule has 6 nitrogen and oxygen atoms in total. The van der Waals surface area contributed by atoms with Crippen LogP contribution < -0.4 is 10.2 Å². The van der Waals surface area contributed by atoms with Crippen LogP contribution in [0.4, 0.5) is 10.1 Å². The molecule has 1 aromatic rings. The number of rotatable bonds is 9. The van der Waals surface area contributed by atoms with Gasteiger partial charge in [0.25, 0.3) is 0 Å². The molecular weight excluding hydrogens is 347 g/mol. The van der Waals surface area contributed by atoms with Crippen LogP contribution in [0.3, 0.4) is 0 Å². The van der Waals surface area contributed by atoms with Crippen LogP contribution in [0.2, 0.25) is 0 Å². The Morgan fingerprint density at radius 3 is 2.85 bits per heavy atom. The molecule has 0 radical (unpaired) electrons. The lowest BCUT2D eigenvalue weighted by molar-refractivity contribution is 0.0536. The molecule has 0 aromatic heterocycles. The van der Waals surface area contributed by atoms with E-state index in [1.807, 2.05) is 20.2 Å². The fourth-order valence-electron chi connectivity index (χ4n) is 3.16. The number of guanidine groups is 1. The second-order valence-electron chi connectivity index (χ2n) is 7.02. The number of benzene rings is 1. The number of halogens is 1. The van der Waals surface area contributed by atoms with E-state index in [0.29, 0.717) is 31.4 Å². The van der Waals surface area contributed by atoms with Crippen molar-refractivity contribution in [3.05, 3.63) is 29.6 Å². The summed E-state index contributed by atoms with van der Waals surface area (Å²) in [6.45, 7) is 7.21. The summed E-state index contributed by atoms with van der Waals surface area (Å²) in [4.78, 5) is 8.75. The van der Waals surface area contributed by atoms with Crippen molar-refractivity contribution < 1.29 is 13.9 Å². The Morgan fingerprint density at radius 1 is 1.37 bits per heavy atom. The van der Waals surface area contributed by atoms with Gasteiger partial charge < -0.3 is 24.6 Å². The van der Waals surface area contributed by atoms with E-state index in [0.717, 1.165) is 44.2 Å². The van der Waals surface area contributed by atoms with Gasteiger partial charge in [0.1, 0.15) is 5.82 Å².